The largest absolute Gasteiger partial charge is 0.386 e. The van der Waals surface area contributed by atoms with Crippen molar-refractivity contribution in [2.45, 2.75) is 25.4 Å². The van der Waals surface area contributed by atoms with E-state index in [1.165, 1.54) is 11.3 Å². The van der Waals surface area contributed by atoms with Crippen molar-refractivity contribution in [2.75, 3.05) is 19.6 Å². The summed E-state index contributed by atoms with van der Waals surface area (Å²) >= 11 is 7.07. The van der Waals surface area contributed by atoms with Gasteiger partial charge in [-0.2, -0.15) is 0 Å². The van der Waals surface area contributed by atoms with Gasteiger partial charge in [0.05, 0.1) is 10.9 Å². The number of nitrogens with zero attached hydrogens (tertiary/aromatic N) is 1. The number of hydrogen-bond donors (Lipinski definition) is 2. The van der Waals surface area contributed by atoms with Crippen molar-refractivity contribution in [1.82, 2.24) is 10.2 Å². The van der Waals surface area contributed by atoms with Gasteiger partial charge in [0.2, 0.25) is 11.8 Å². The molecule has 0 aromatic carbocycles. The van der Waals surface area contributed by atoms with E-state index in [9.17, 15) is 14.7 Å². The molecule has 1 fully saturated rings. The molecule has 20 heavy (non-hydrogen) atoms. The molecular weight excluding hydrogens is 300 g/mol. The van der Waals surface area contributed by atoms with Crippen molar-refractivity contribution in [3.05, 3.63) is 21.3 Å². The maximum Gasteiger partial charge on any atom is 0.239 e. The second-order valence-electron chi connectivity index (χ2n) is 4.73. The SMILES string of the molecule is O=C(CN1CCCCC1=O)NCC(O)c1ccc(Cl)s1. The molecule has 0 saturated carbocycles. The first kappa shape index (κ1) is 15.3. The maximum absolute atomic E-state index is 11.8. The Balaban J connectivity index is 1.76. The number of likely N-dealkylation sites (tertiary alicyclic amines) is 1. The molecule has 1 saturated heterocycles. The lowest BCUT2D eigenvalue weighted by Crippen LogP contribution is -2.43. The van der Waals surface area contributed by atoms with Gasteiger partial charge in [-0.3, -0.25) is 9.59 Å². The summed E-state index contributed by atoms with van der Waals surface area (Å²) in [7, 11) is 0. The molecule has 1 aliphatic rings. The molecule has 2 rings (SSSR count). The summed E-state index contributed by atoms with van der Waals surface area (Å²) in [5.41, 5.74) is 0. The van der Waals surface area contributed by atoms with Gasteiger partial charge >= 0.3 is 0 Å². The van der Waals surface area contributed by atoms with E-state index in [1.807, 2.05) is 0 Å². The van der Waals surface area contributed by atoms with E-state index in [1.54, 1.807) is 17.0 Å². The minimum absolute atomic E-state index is 0.0250. The maximum atomic E-state index is 11.8. The van der Waals surface area contributed by atoms with Gasteiger partial charge in [-0.1, -0.05) is 11.6 Å². The predicted molar refractivity (Wildman–Crippen MR) is 77.7 cm³/mol. The second kappa shape index (κ2) is 7.06. The molecule has 0 radical (unpaired) electrons. The Hall–Kier alpha value is -1.11. The molecule has 0 spiro atoms. The van der Waals surface area contributed by atoms with Crippen LogP contribution in [-0.2, 0) is 9.59 Å². The van der Waals surface area contributed by atoms with Crippen LogP contribution >= 0.6 is 22.9 Å². The van der Waals surface area contributed by atoms with E-state index in [2.05, 4.69) is 5.32 Å². The third kappa shape index (κ3) is 4.19. The van der Waals surface area contributed by atoms with Gasteiger partial charge in [-0.15, -0.1) is 11.3 Å². The molecule has 1 aliphatic heterocycles. The highest BCUT2D eigenvalue weighted by Gasteiger charge is 2.20. The Kier molecular flexibility index (Phi) is 5.39. The van der Waals surface area contributed by atoms with Crippen LogP contribution < -0.4 is 5.32 Å². The molecule has 2 N–H and O–H groups in total. The number of hydrogen-bond acceptors (Lipinski definition) is 4. The average molecular weight is 317 g/mol. The highest BCUT2D eigenvalue weighted by Crippen LogP contribution is 2.26. The zero-order valence-electron chi connectivity index (χ0n) is 11.0. The Morgan fingerprint density at radius 1 is 1.50 bits per heavy atom. The molecule has 1 atom stereocenters. The number of carbonyl (C=O) groups excluding carboxylic acids is 2. The predicted octanol–water partition coefficient (Wildman–Crippen LogP) is 1.56. The van der Waals surface area contributed by atoms with Crippen LogP contribution in [0.2, 0.25) is 4.34 Å². The van der Waals surface area contributed by atoms with Crippen LogP contribution in [0, 0.1) is 0 Å². The number of piperidine rings is 1. The Labute approximate surface area is 126 Å². The molecule has 5 nitrogen and oxygen atoms in total. The van der Waals surface area contributed by atoms with E-state index in [0.29, 0.717) is 22.2 Å². The minimum atomic E-state index is -0.770. The van der Waals surface area contributed by atoms with Gasteiger partial charge in [-0.25, -0.2) is 0 Å². The van der Waals surface area contributed by atoms with Gasteiger partial charge in [0, 0.05) is 24.4 Å². The first-order chi connectivity index (χ1) is 9.56. The lowest BCUT2D eigenvalue weighted by molar-refractivity contribution is -0.137. The van der Waals surface area contributed by atoms with Crippen LogP contribution in [0.5, 0.6) is 0 Å². The minimum Gasteiger partial charge on any atom is -0.386 e. The third-order valence-corrected chi connectivity index (χ3v) is 4.50. The molecule has 1 aromatic rings. The van der Waals surface area contributed by atoms with Crippen LogP contribution in [0.15, 0.2) is 12.1 Å². The van der Waals surface area contributed by atoms with Crippen LogP contribution in [0.1, 0.15) is 30.2 Å². The number of carbonyl (C=O) groups is 2. The van der Waals surface area contributed by atoms with Crippen molar-refractivity contribution in [3.63, 3.8) is 0 Å². The van der Waals surface area contributed by atoms with Crippen LogP contribution in [0.4, 0.5) is 0 Å². The van der Waals surface area contributed by atoms with E-state index in [0.717, 1.165) is 12.8 Å². The quantitative estimate of drug-likeness (QED) is 0.866. The van der Waals surface area contributed by atoms with Crippen molar-refractivity contribution >= 4 is 34.8 Å². The number of nitrogens with one attached hydrogen (secondary N) is 1. The van der Waals surface area contributed by atoms with Crippen molar-refractivity contribution in [3.8, 4) is 0 Å². The number of aliphatic hydroxyl groups is 1. The molecule has 7 heteroatoms. The van der Waals surface area contributed by atoms with Gasteiger partial charge in [0.15, 0.2) is 0 Å². The summed E-state index contributed by atoms with van der Waals surface area (Å²) in [6, 6.07) is 3.44. The molecule has 1 aromatic heterocycles. The number of rotatable bonds is 5. The number of amides is 2. The fraction of sp³-hybridized carbons (Fsp3) is 0.538. The molecule has 110 valence electrons. The molecule has 1 unspecified atom stereocenters. The number of thiophene rings is 1. The molecule has 0 bridgehead atoms. The van der Waals surface area contributed by atoms with Crippen LogP contribution in [0.25, 0.3) is 0 Å². The zero-order chi connectivity index (χ0) is 14.5. The van der Waals surface area contributed by atoms with Crippen molar-refractivity contribution < 1.29 is 14.7 Å². The molecule has 2 amide bonds. The lowest BCUT2D eigenvalue weighted by atomic mass is 10.1. The molecule has 0 aliphatic carbocycles. The van der Waals surface area contributed by atoms with E-state index < -0.39 is 6.10 Å². The highest BCUT2D eigenvalue weighted by atomic mass is 35.5. The monoisotopic (exact) mass is 316 g/mol. The summed E-state index contributed by atoms with van der Waals surface area (Å²) in [4.78, 5) is 25.6. The highest BCUT2D eigenvalue weighted by molar-refractivity contribution is 7.16. The van der Waals surface area contributed by atoms with E-state index in [4.69, 9.17) is 11.6 Å². The number of halogens is 1. The van der Waals surface area contributed by atoms with Crippen LogP contribution in [0.3, 0.4) is 0 Å². The summed E-state index contributed by atoms with van der Waals surface area (Å²) in [6.07, 6.45) is 1.59. The topological polar surface area (TPSA) is 69.6 Å². The van der Waals surface area contributed by atoms with Gasteiger partial charge in [0.25, 0.3) is 0 Å². The van der Waals surface area contributed by atoms with Crippen molar-refractivity contribution in [1.29, 1.82) is 0 Å². The average Bonchev–Trinajstić information content (AvgIpc) is 2.85. The smallest absolute Gasteiger partial charge is 0.239 e. The lowest BCUT2D eigenvalue weighted by Gasteiger charge is -2.26. The first-order valence-electron chi connectivity index (χ1n) is 6.54. The Morgan fingerprint density at radius 2 is 2.30 bits per heavy atom. The summed E-state index contributed by atoms with van der Waals surface area (Å²) < 4.78 is 0.601. The number of aliphatic hydroxyl groups excluding tert-OH is 1. The Morgan fingerprint density at radius 3 is 2.95 bits per heavy atom. The van der Waals surface area contributed by atoms with E-state index in [-0.39, 0.29) is 24.9 Å². The fourth-order valence-electron chi connectivity index (χ4n) is 2.08. The standard InChI is InChI=1S/C13H17ClN2O3S/c14-11-5-4-10(20-11)9(17)7-15-12(18)8-16-6-2-1-3-13(16)19/h4-5,9,17H,1-3,6-8H2,(H,15,18). The Bertz CT molecular complexity index is 492. The normalized spacial score (nSPS) is 17.1. The third-order valence-electron chi connectivity index (χ3n) is 3.17. The summed E-state index contributed by atoms with van der Waals surface area (Å²) in [6.45, 7) is 0.823. The van der Waals surface area contributed by atoms with Gasteiger partial charge in [-0.05, 0) is 25.0 Å². The zero-order valence-corrected chi connectivity index (χ0v) is 12.5. The first-order valence-corrected chi connectivity index (χ1v) is 7.73. The van der Waals surface area contributed by atoms with Gasteiger partial charge < -0.3 is 15.3 Å². The summed E-state index contributed by atoms with van der Waals surface area (Å²) in [5.74, 6) is -0.223. The van der Waals surface area contributed by atoms with Crippen molar-refractivity contribution in [2.24, 2.45) is 0 Å². The fourth-order valence-corrected chi connectivity index (χ4v) is 3.12. The van der Waals surface area contributed by atoms with E-state index >= 15 is 0 Å². The van der Waals surface area contributed by atoms with Gasteiger partial charge in [0.1, 0.15) is 6.10 Å². The second-order valence-corrected chi connectivity index (χ2v) is 6.48. The van der Waals surface area contributed by atoms with Crippen LogP contribution in [-0.4, -0.2) is 41.5 Å². The molecular formula is C13H17ClN2O3S. The summed E-state index contributed by atoms with van der Waals surface area (Å²) in [5, 5.41) is 12.5. The molecule has 2 heterocycles.